The summed E-state index contributed by atoms with van der Waals surface area (Å²) in [6.07, 6.45) is 4.75. The van der Waals surface area contributed by atoms with Crippen LogP contribution in [-0.2, 0) is 16.8 Å². The van der Waals surface area contributed by atoms with E-state index < -0.39 is 0 Å². The summed E-state index contributed by atoms with van der Waals surface area (Å²) in [5.41, 5.74) is 1.66. The third-order valence-electron chi connectivity index (χ3n) is 3.78. The number of pyridine rings is 1. The molecule has 0 bridgehead atoms. The van der Waals surface area contributed by atoms with Gasteiger partial charge >= 0.3 is 0 Å². The molecule has 1 amide bonds. The molecule has 0 unspecified atom stereocenters. The van der Waals surface area contributed by atoms with Gasteiger partial charge in [0.25, 0.3) is 0 Å². The molecule has 4 nitrogen and oxygen atoms in total. The number of aryl methyl sites for hydroxylation is 2. The van der Waals surface area contributed by atoms with E-state index in [0.29, 0.717) is 6.42 Å². The molecule has 22 heavy (non-hydrogen) atoms. The Kier molecular flexibility index (Phi) is 5.66. The van der Waals surface area contributed by atoms with Crippen LogP contribution in [0, 0.1) is 6.92 Å². The van der Waals surface area contributed by atoms with Crippen molar-refractivity contribution >= 4 is 17.2 Å². The van der Waals surface area contributed by atoms with E-state index in [-0.39, 0.29) is 11.4 Å². The van der Waals surface area contributed by atoms with Crippen molar-refractivity contribution in [2.45, 2.75) is 52.0 Å². The van der Waals surface area contributed by atoms with E-state index in [9.17, 15) is 4.79 Å². The number of thiazole rings is 1. The van der Waals surface area contributed by atoms with E-state index in [1.165, 1.54) is 0 Å². The Balaban J connectivity index is 1.87. The summed E-state index contributed by atoms with van der Waals surface area (Å²) in [6.45, 7) is 6.09. The molecule has 2 heterocycles. The van der Waals surface area contributed by atoms with Gasteiger partial charge in [0, 0.05) is 29.4 Å². The monoisotopic (exact) mass is 317 g/mol. The molecule has 0 saturated carbocycles. The highest BCUT2D eigenvalue weighted by atomic mass is 32.1. The molecule has 0 aliphatic rings. The van der Waals surface area contributed by atoms with Crippen molar-refractivity contribution in [1.82, 2.24) is 15.3 Å². The first-order valence-electron chi connectivity index (χ1n) is 7.67. The Labute approximate surface area is 136 Å². The molecule has 0 radical (unpaired) electrons. The number of carbonyl (C=O) groups excluding carboxylic acids is 1. The molecule has 0 saturated heterocycles. The fourth-order valence-corrected chi connectivity index (χ4v) is 3.23. The SMILES string of the molecule is CC[C@](C)(NC(=O)CCCc1ccccn1)c1nc(C)cs1. The van der Waals surface area contributed by atoms with Crippen molar-refractivity contribution in [3.05, 3.63) is 46.2 Å². The first kappa shape index (κ1) is 16.6. The molecule has 0 fully saturated rings. The highest BCUT2D eigenvalue weighted by Gasteiger charge is 2.29. The molecule has 0 spiro atoms. The van der Waals surface area contributed by atoms with Gasteiger partial charge < -0.3 is 5.32 Å². The molecule has 0 aliphatic carbocycles. The van der Waals surface area contributed by atoms with Gasteiger partial charge in [-0.2, -0.15) is 0 Å². The minimum Gasteiger partial charge on any atom is -0.344 e. The molecule has 1 atom stereocenters. The fourth-order valence-electron chi connectivity index (χ4n) is 2.25. The number of nitrogens with one attached hydrogen (secondary N) is 1. The highest BCUT2D eigenvalue weighted by molar-refractivity contribution is 7.09. The van der Waals surface area contributed by atoms with Crippen LogP contribution in [0.4, 0.5) is 0 Å². The van der Waals surface area contributed by atoms with E-state index >= 15 is 0 Å². The second-order valence-electron chi connectivity index (χ2n) is 5.70. The standard InChI is InChI=1S/C17H23N3OS/c1-4-17(3,16-19-13(2)12-22-16)20-15(21)10-7-9-14-8-5-6-11-18-14/h5-6,8,11-12H,4,7,9-10H2,1-3H3,(H,20,21)/t17-/m0/s1. The fraction of sp³-hybridized carbons (Fsp3) is 0.471. The molecular weight excluding hydrogens is 294 g/mol. The summed E-state index contributed by atoms with van der Waals surface area (Å²) in [7, 11) is 0. The second kappa shape index (κ2) is 7.49. The van der Waals surface area contributed by atoms with Crippen LogP contribution >= 0.6 is 11.3 Å². The third kappa shape index (κ3) is 4.37. The van der Waals surface area contributed by atoms with Crippen LogP contribution in [-0.4, -0.2) is 15.9 Å². The van der Waals surface area contributed by atoms with Crippen LogP contribution in [0.15, 0.2) is 29.8 Å². The lowest BCUT2D eigenvalue weighted by atomic mass is 9.99. The summed E-state index contributed by atoms with van der Waals surface area (Å²) < 4.78 is 0. The van der Waals surface area contributed by atoms with Crippen molar-refractivity contribution in [3.8, 4) is 0 Å². The number of hydrogen-bond acceptors (Lipinski definition) is 4. The smallest absolute Gasteiger partial charge is 0.220 e. The Morgan fingerprint density at radius 3 is 2.82 bits per heavy atom. The molecule has 118 valence electrons. The van der Waals surface area contributed by atoms with Crippen molar-refractivity contribution in [1.29, 1.82) is 0 Å². The van der Waals surface area contributed by atoms with Gasteiger partial charge in [0.1, 0.15) is 5.01 Å². The summed E-state index contributed by atoms with van der Waals surface area (Å²) in [4.78, 5) is 21.0. The predicted molar refractivity (Wildman–Crippen MR) is 89.8 cm³/mol. The highest BCUT2D eigenvalue weighted by Crippen LogP contribution is 2.27. The summed E-state index contributed by atoms with van der Waals surface area (Å²) in [6, 6.07) is 5.87. The van der Waals surface area contributed by atoms with Gasteiger partial charge in [-0.3, -0.25) is 9.78 Å². The van der Waals surface area contributed by atoms with E-state index in [1.54, 1.807) is 17.5 Å². The number of aromatic nitrogens is 2. The average Bonchev–Trinajstić information content (AvgIpc) is 2.95. The van der Waals surface area contributed by atoms with Crippen LogP contribution < -0.4 is 5.32 Å². The first-order chi connectivity index (χ1) is 10.5. The maximum atomic E-state index is 12.2. The van der Waals surface area contributed by atoms with Crippen LogP contribution in [0.2, 0.25) is 0 Å². The third-order valence-corrected chi connectivity index (χ3v) is 5.00. The summed E-state index contributed by atoms with van der Waals surface area (Å²) in [5, 5.41) is 6.15. The zero-order valence-corrected chi connectivity index (χ0v) is 14.2. The Morgan fingerprint density at radius 1 is 1.41 bits per heavy atom. The first-order valence-corrected chi connectivity index (χ1v) is 8.55. The molecule has 2 aromatic rings. The van der Waals surface area contributed by atoms with Crippen LogP contribution in [0.3, 0.4) is 0 Å². The van der Waals surface area contributed by atoms with E-state index in [4.69, 9.17) is 0 Å². The summed E-state index contributed by atoms with van der Waals surface area (Å²) >= 11 is 1.61. The molecule has 0 aromatic carbocycles. The lowest BCUT2D eigenvalue weighted by molar-refractivity contribution is -0.123. The van der Waals surface area contributed by atoms with Gasteiger partial charge in [0.05, 0.1) is 5.54 Å². The van der Waals surface area contributed by atoms with Gasteiger partial charge in [0.15, 0.2) is 0 Å². The lowest BCUT2D eigenvalue weighted by Gasteiger charge is -2.27. The van der Waals surface area contributed by atoms with E-state index in [1.807, 2.05) is 37.4 Å². The Hall–Kier alpha value is -1.75. The number of rotatable bonds is 7. The number of nitrogens with zero attached hydrogens (tertiary/aromatic N) is 2. The molecule has 5 heteroatoms. The van der Waals surface area contributed by atoms with Crippen molar-refractivity contribution < 1.29 is 4.79 Å². The predicted octanol–water partition coefficient (Wildman–Crippen LogP) is 3.61. The zero-order chi connectivity index (χ0) is 16.0. The van der Waals surface area contributed by atoms with Gasteiger partial charge in [0.2, 0.25) is 5.91 Å². The van der Waals surface area contributed by atoms with Crippen molar-refractivity contribution in [2.75, 3.05) is 0 Å². The number of amides is 1. The van der Waals surface area contributed by atoms with Crippen LogP contribution in [0.25, 0.3) is 0 Å². The van der Waals surface area contributed by atoms with Gasteiger partial charge in [-0.15, -0.1) is 11.3 Å². The average molecular weight is 317 g/mol. The quantitative estimate of drug-likeness (QED) is 0.848. The van der Waals surface area contributed by atoms with Crippen molar-refractivity contribution in [3.63, 3.8) is 0 Å². The van der Waals surface area contributed by atoms with Crippen LogP contribution in [0.1, 0.15) is 49.5 Å². The number of carbonyl (C=O) groups is 1. The minimum absolute atomic E-state index is 0.0770. The maximum Gasteiger partial charge on any atom is 0.220 e. The zero-order valence-electron chi connectivity index (χ0n) is 13.4. The van der Waals surface area contributed by atoms with Gasteiger partial charge in [-0.1, -0.05) is 13.0 Å². The minimum atomic E-state index is -0.374. The van der Waals surface area contributed by atoms with Crippen molar-refractivity contribution in [2.24, 2.45) is 0 Å². The largest absolute Gasteiger partial charge is 0.344 e. The lowest BCUT2D eigenvalue weighted by Crippen LogP contribution is -2.43. The molecule has 1 N–H and O–H groups in total. The summed E-state index contributed by atoms with van der Waals surface area (Å²) in [5.74, 6) is 0.0770. The normalized spacial score (nSPS) is 13.6. The van der Waals surface area contributed by atoms with Gasteiger partial charge in [-0.05, 0) is 45.2 Å². The topological polar surface area (TPSA) is 54.9 Å². The molecule has 2 rings (SSSR count). The van der Waals surface area contributed by atoms with E-state index in [2.05, 4.69) is 22.2 Å². The molecule has 2 aromatic heterocycles. The Bertz CT molecular complexity index is 611. The molecule has 0 aliphatic heterocycles. The second-order valence-corrected chi connectivity index (χ2v) is 6.56. The van der Waals surface area contributed by atoms with Crippen LogP contribution in [0.5, 0.6) is 0 Å². The Morgan fingerprint density at radius 2 is 2.23 bits per heavy atom. The number of hydrogen-bond donors (Lipinski definition) is 1. The molecular formula is C17H23N3OS. The maximum absolute atomic E-state index is 12.2. The van der Waals surface area contributed by atoms with E-state index in [0.717, 1.165) is 35.7 Å². The van der Waals surface area contributed by atoms with Gasteiger partial charge in [-0.25, -0.2) is 4.98 Å².